The Morgan fingerprint density at radius 2 is 1.57 bits per heavy atom. The normalized spacial score (nSPS) is 34.5. The number of benzene rings is 1. The summed E-state index contributed by atoms with van der Waals surface area (Å²) in [6, 6.07) is 15.9. The Morgan fingerprint density at radius 3 is 2.17 bits per heavy atom. The Bertz CT molecular complexity index is 673. The van der Waals surface area contributed by atoms with Crippen molar-refractivity contribution in [2.45, 2.75) is 96.2 Å². The first-order valence-electron chi connectivity index (χ1n) is 13.2. The van der Waals surface area contributed by atoms with Gasteiger partial charge in [0.05, 0.1) is 0 Å². The standard InChI is InChI=1S/C29H44Si/c1-3-8-24-11-13-27(14-12-24)29(28-17-22-30(21-4-2)23-18-28)19-15-26(16-20-29)25-9-6-5-7-10-25/h5-7,9-10,15-16,19,24,27-28,30H,3-4,8,11-14,17-18,20-23H2,1-2H3/t24-,27-,28?,29?,30?. The minimum Gasteiger partial charge on any atom is -0.0768 e. The lowest BCUT2D eigenvalue weighted by molar-refractivity contribution is 0.0719. The summed E-state index contributed by atoms with van der Waals surface area (Å²) in [6.45, 7) is 4.76. The van der Waals surface area contributed by atoms with Crippen molar-refractivity contribution in [3.05, 3.63) is 54.1 Å². The van der Waals surface area contributed by atoms with E-state index in [1.54, 1.807) is 18.1 Å². The molecular formula is C29H44Si. The first-order valence-corrected chi connectivity index (χ1v) is 15.6. The van der Waals surface area contributed by atoms with E-state index in [2.05, 4.69) is 62.4 Å². The molecule has 1 aromatic rings. The van der Waals surface area contributed by atoms with Crippen molar-refractivity contribution in [1.82, 2.24) is 0 Å². The molecule has 0 nitrogen and oxygen atoms in total. The van der Waals surface area contributed by atoms with Crippen molar-refractivity contribution in [3.8, 4) is 0 Å². The highest BCUT2D eigenvalue weighted by atomic mass is 28.3. The lowest BCUT2D eigenvalue weighted by Gasteiger charge is -2.50. The maximum absolute atomic E-state index is 2.74. The van der Waals surface area contributed by atoms with Gasteiger partial charge >= 0.3 is 0 Å². The summed E-state index contributed by atoms with van der Waals surface area (Å²) in [4.78, 5) is 0. The number of hydrogen-bond donors (Lipinski definition) is 0. The molecule has 4 rings (SSSR count). The Kier molecular flexibility index (Phi) is 7.73. The van der Waals surface area contributed by atoms with Gasteiger partial charge in [-0.3, -0.25) is 0 Å². The van der Waals surface area contributed by atoms with E-state index in [0.29, 0.717) is 5.41 Å². The van der Waals surface area contributed by atoms with Gasteiger partial charge in [0.15, 0.2) is 0 Å². The molecule has 1 aliphatic heterocycles. The Morgan fingerprint density at radius 1 is 0.867 bits per heavy atom. The second kappa shape index (κ2) is 10.5. The Hall–Kier alpha value is -1.08. The van der Waals surface area contributed by atoms with E-state index in [9.17, 15) is 0 Å². The molecule has 0 radical (unpaired) electrons. The van der Waals surface area contributed by atoms with E-state index in [4.69, 9.17) is 0 Å². The van der Waals surface area contributed by atoms with Crippen molar-refractivity contribution in [2.75, 3.05) is 0 Å². The fraction of sp³-hybridized carbons (Fsp3) is 0.655. The zero-order valence-electron chi connectivity index (χ0n) is 19.6. The minimum atomic E-state index is -0.413. The van der Waals surface area contributed by atoms with Gasteiger partial charge in [-0.2, -0.15) is 0 Å². The van der Waals surface area contributed by atoms with Crippen molar-refractivity contribution in [1.29, 1.82) is 0 Å². The smallest absolute Gasteiger partial charge is 0.0367 e. The van der Waals surface area contributed by atoms with E-state index in [-0.39, 0.29) is 0 Å². The van der Waals surface area contributed by atoms with Crippen LogP contribution in [-0.4, -0.2) is 8.80 Å². The molecule has 1 aromatic carbocycles. The summed E-state index contributed by atoms with van der Waals surface area (Å²) < 4.78 is 0. The second-order valence-corrected chi connectivity index (χ2v) is 14.2. The number of hydrogen-bond acceptors (Lipinski definition) is 0. The van der Waals surface area contributed by atoms with Gasteiger partial charge in [-0.05, 0) is 53.6 Å². The minimum absolute atomic E-state index is 0.413. The van der Waals surface area contributed by atoms with Crippen LogP contribution >= 0.6 is 0 Å². The quantitative estimate of drug-likeness (QED) is 0.387. The molecule has 0 spiro atoms. The molecule has 1 atom stereocenters. The number of rotatable bonds is 7. The zero-order valence-corrected chi connectivity index (χ0v) is 20.8. The molecule has 3 aliphatic rings. The van der Waals surface area contributed by atoms with Gasteiger partial charge in [-0.15, -0.1) is 0 Å². The first kappa shape index (κ1) is 22.1. The van der Waals surface area contributed by atoms with E-state index < -0.39 is 8.80 Å². The molecule has 0 N–H and O–H groups in total. The second-order valence-electron chi connectivity index (χ2n) is 10.7. The van der Waals surface area contributed by atoms with Crippen LogP contribution in [0.15, 0.2) is 48.6 Å². The van der Waals surface area contributed by atoms with Crippen LogP contribution in [0.25, 0.3) is 5.57 Å². The molecule has 0 bridgehead atoms. The topological polar surface area (TPSA) is 0 Å². The van der Waals surface area contributed by atoms with Crippen molar-refractivity contribution in [3.63, 3.8) is 0 Å². The summed E-state index contributed by atoms with van der Waals surface area (Å²) in [5.74, 6) is 2.87. The monoisotopic (exact) mass is 420 g/mol. The third-order valence-corrected chi connectivity index (χ3v) is 12.7. The van der Waals surface area contributed by atoms with Crippen LogP contribution in [0.5, 0.6) is 0 Å². The molecule has 0 amide bonds. The largest absolute Gasteiger partial charge is 0.0768 e. The molecule has 1 heteroatoms. The molecule has 1 heterocycles. The van der Waals surface area contributed by atoms with Gasteiger partial charge in [-0.25, -0.2) is 0 Å². The number of allylic oxidation sites excluding steroid dienone is 4. The van der Waals surface area contributed by atoms with Crippen LogP contribution in [0, 0.1) is 23.2 Å². The summed E-state index contributed by atoms with van der Waals surface area (Å²) >= 11 is 0. The Labute approximate surface area is 187 Å². The molecule has 1 unspecified atom stereocenters. The average Bonchev–Trinajstić information content (AvgIpc) is 2.81. The van der Waals surface area contributed by atoms with Crippen molar-refractivity contribution >= 4 is 14.4 Å². The maximum Gasteiger partial charge on any atom is 0.0367 e. The first-order chi connectivity index (χ1) is 14.7. The highest BCUT2D eigenvalue weighted by molar-refractivity contribution is 6.58. The van der Waals surface area contributed by atoms with Gasteiger partial charge in [0.1, 0.15) is 0 Å². The van der Waals surface area contributed by atoms with Crippen molar-refractivity contribution < 1.29 is 0 Å². The molecular weight excluding hydrogens is 376 g/mol. The van der Waals surface area contributed by atoms with Crippen LogP contribution in [0.4, 0.5) is 0 Å². The van der Waals surface area contributed by atoms with Crippen molar-refractivity contribution in [2.24, 2.45) is 23.2 Å². The molecule has 164 valence electrons. The molecule has 2 aliphatic carbocycles. The third-order valence-electron chi connectivity index (χ3n) is 8.96. The summed E-state index contributed by atoms with van der Waals surface area (Å²) in [7, 11) is -0.413. The van der Waals surface area contributed by atoms with Crippen LogP contribution in [-0.2, 0) is 0 Å². The van der Waals surface area contributed by atoms with Gasteiger partial charge in [-0.1, -0.05) is 125 Å². The van der Waals surface area contributed by atoms with Gasteiger partial charge in [0.2, 0.25) is 0 Å². The SMILES string of the molecule is CCC[SiH]1CCC(C2([C@H]3CC[C@H](CCC)CC3)C=CC(c3ccccc3)=CC2)CC1. The van der Waals surface area contributed by atoms with Crippen LogP contribution < -0.4 is 0 Å². The van der Waals surface area contributed by atoms with Crippen LogP contribution in [0.1, 0.15) is 83.6 Å². The highest BCUT2D eigenvalue weighted by Gasteiger charge is 2.45. The summed E-state index contributed by atoms with van der Waals surface area (Å²) in [5, 5.41) is 0. The lowest BCUT2D eigenvalue weighted by atomic mass is 9.56. The molecule has 30 heavy (non-hydrogen) atoms. The van der Waals surface area contributed by atoms with E-state index >= 15 is 0 Å². The molecule has 0 aromatic heterocycles. The fourth-order valence-corrected chi connectivity index (χ4v) is 10.7. The van der Waals surface area contributed by atoms with Gasteiger partial charge in [0, 0.05) is 8.80 Å². The lowest BCUT2D eigenvalue weighted by Crippen LogP contribution is -2.41. The van der Waals surface area contributed by atoms with Crippen LogP contribution in [0.3, 0.4) is 0 Å². The van der Waals surface area contributed by atoms with E-state index in [1.807, 2.05) is 0 Å². The van der Waals surface area contributed by atoms with Gasteiger partial charge < -0.3 is 0 Å². The maximum atomic E-state index is 2.74. The molecule has 1 saturated heterocycles. The highest BCUT2D eigenvalue weighted by Crippen LogP contribution is 2.55. The summed E-state index contributed by atoms with van der Waals surface area (Å²) in [6.07, 6.45) is 22.4. The van der Waals surface area contributed by atoms with E-state index in [1.165, 1.54) is 75.3 Å². The fourth-order valence-electron chi connectivity index (χ4n) is 7.24. The average molecular weight is 421 g/mol. The van der Waals surface area contributed by atoms with E-state index in [0.717, 1.165) is 17.8 Å². The molecule has 1 saturated carbocycles. The zero-order chi connectivity index (χ0) is 20.8. The molecule has 2 fully saturated rings. The predicted molar refractivity (Wildman–Crippen MR) is 136 cm³/mol. The summed E-state index contributed by atoms with van der Waals surface area (Å²) in [5.41, 5.74) is 3.31. The predicted octanol–water partition coefficient (Wildman–Crippen LogP) is 8.67. The van der Waals surface area contributed by atoms with Gasteiger partial charge in [0.25, 0.3) is 0 Å². The Balaban J connectivity index is 1.51. The van der Waals surface area contributed by atoms with Crippen LogP contribution in [0.2, 0.25) is 18.1 Å². The third kappa shape index (κ3) is 4.87.